The molecule has 1 amide bonds. The van der Waals surface area contributed by atoms with E-state index in [9.17, 15) is 4.79 Å². The summed E-state index contributed by atoms with van der Waals surface area (Å²) in [6.07, 6.45) is 5.44. The monoisotopic (exact) mass is 552 g/mol. The number of aliphatic imine (C=N–C) groups is 1. The Balaban J connectivity index is 1.49. The predicted molar refractivity (Wildman–Crippen MR) is 152 cm³/mol. The number of rotatable bonds is 12. The SMILES string of the molecule is O=C(NCCc1ccc(Cl)cc1Cl)[C@@]1(C/C=C/c2ccccc2)COC(c2ccc(OCCCO)cc2)=N1. The molecule has 4 rings (SSSR count). The zero-order valence-electron chi connectivity index (χ0n) is 20.9. The Labute approximate surface area is 232 Å². The van der Waals surface area contributed by atoms with Gasteiger partial charge in [0.15, 0.2) is 5.54 Å². The van der Waals surface area contributed by atoms with Gasteiger partial charge in [0.1, 0.15) is 12.4 Å². The van der Waals surface area contributed by atoms with Gasteiger partial charge in [-0.05, 0) is 53.9 Å². The number of hydrogen-bond acceptors (Lipinski definition) is 5. The van der Waals surface area contributed by atoms with Crippen LogP contribution in [0.25, 0.3) is 6.08 Å². The lowest BCUT2D eigenvalue weighted by Crippen LogP contribution is -2.47. The van der Waals surface area contributed by atoms with E-state index < -0.39 is 5.54 Å². The minimum atomic E-state index is -1.10. The first kappa shape index (κ1) is 27.7. The van der Waals surface area contributed by atoms with Crippen LogP contribution in [0.15, 0.2) is 83.9 Å². The van der Waals surface area contributed by atoms with Gasteiger partial charge in [-0.2, -0.15) is 0 Å². The molecule has 0 unspecified atom stereocenters. The fourth-order valence-electron chi connectivity index (χ4n) is 4.01. The molecule has 0 fully saturated rings. The second-order valence-corrected chi connectivity index (χ2v) is 9.79. The third-order valence-electron chi connectivity index (χ3n) is 6.12. The van der Waals surface area contributed by atoms with Gasteiger partial charge in [0.05, 0.1) is 6.61 Å². The first-order valence-corrected chi connectivity index (χ1v) is 13.3. The Morgan fingerprint density at radius 2 is 1.89 bits per heavy atom. The van der Waals surface area contributed by atoms with Crippen molar-refractivity contribution < 1.29 is 19.4 Å². The standard InChI is InChI=1S/C30H30Cl2N2O4/c31-25-12-9-23(27(32)20-25)15-17-33-29(36)30(16-4-8-22-6-2-1-3-7-22)21-38-28(34-30)24-10-13-26(14-11-24)37-19-5-18-35/h1-4,6-14,20,35H,5,15-19,21H2,(H,33,36)/b8-4+/t30-/m1/s1. The summed E-state index contributed by atoms with van der Waals surface area (Å²) in [5.74, 6) is 0.895. The van der Waals surface area contributed by atoms with Gasteiger partial charge < -0.3 is 19.9 Å². The number of nitrogens with zero attached hydrogens (tertiary/aromatic N) is 1. The van der Waals surface area contributed by atoms with Gasteiger partial charge in [-0.25, -0.2) is 4.99 Å². The van der Waals surface area contributed by atoms with Crippen LogP contribution in [0.2, 0.25) is 10.0 Å². The minimum absolute atomic E-state index is 0.0817. The van der Waals surface area contributed by atoms with E-state index >= 15 is 0 Å². The third kappa shape index (κ3) is 7.38. The van der Waals surface area contributed by atoms with Crippen molar-refractivity contribution in [2.45, 2.75) is 24.8 Å². The molecule has 0 bridgehead atoms. The zero-order chi connectivity index (χ0) is 26.8. The van der Waals surface area contributed by atoms with E-state index in [1.165, 1.54) is 0 Å². The maximum Gasteiger partial charge on any atom is 0.251 e. The molecule has 0 aliphatic carbocycles. The highest BCUT2D eigenvalue weighted by molar-refractivity contribution is 6.35. The summed E-state index contributed by atoms with van der Waals surface area (Å²) in [6.45, 7) is 1.04. The number of halogens is 2. The molecular weight excluding hydrogens is 523 g/mol. The van der Waals surface area contributed by atoms with E-state index in [4.69, 9.17) is 42.8 Å². The third-order valence-corrected chi connectivity index (χ3v) is 6.71. The average Bonchev–Trinajstić information content (AvgIpc) is 3.37. The topological polar surface area (TPSA) is 80.2 Å². The smallest absolute Gasteiger partial charge is 0.251 e. The molecule has 0 saturated heterocycles. The van der Waals surface area contributed by atoms with Gasteiger partial charge in [-0.1, -0.05) is 71.8 Å². The molecule has 38 heavy (non-hydrogen) atoms. The van der Waals surface area contributed by atoms with Crippen LogP contribution in [0.1, 0.15) is 29.5 Å². The maximum absolute atomic E-state index is 13.5. The molecule has 1 aliphatic heterocycles. The van der Waals surface area contributed by atoms with E-state index in [0.29, 0.717) is 54.1 Å². The number of benzene rings is 3. The number of aliphatic hydroxyl groups excluding tert-OH is 1. The number of ether oxygens (including phenoxy) is 2. The molecule has 0 aromatic heterocycles. The van der Waals surface area contributed by atoms with Gasteiger partial charge >= 0.3 is 0 Å². The fourth-order valence-corrected chi connectivity index (χ4v) is 4.51. The molecule has 6 nitrogen and oxygen atoms in total. The number of carbonyl (C=O) groups is 1. The largest absolute Gasteiger partial charge is 0.494 e. The molecular formula is C30H30Cl2N2O4. The lowest BCUT2D eigenvalue weighted by atomic mass is 9.95. The Morgan fingerprint density at radius 1 is 1.11 bits per heavy atom. The highest BCUT2D eigenvalue weighted by Crippen LogP contribution is 2.28. The first-order chi connectivity index (χ1) is 18.5. The van der Waals surface area contributed by atoms with E-state index in [1.807, 2.05) is 72.8 Å². The molecule has 3 aromatic carbocycles. The number of amides is 1. The van der Waals surface area contributed by atoms with Crippen LogP contribution in [-0.4, -0.2) is 48.8 Å². The van der Waals surface area contributed by atoms with Gasteiger partial charge in [0.25, 0.3) is 5.91 Å². The van der Waals surface area contributed by atoms with E-state index in [1.54, 1.807) is 12.1 Å². The average molecular weight is 553 g/mol. The predicted octanol–water partition coefficient (Wildman–Crippen LogP) is 5.73. The van der Waals surface area contributed by atoms with Gasteiger partial charge in [-0.3, -0.25) is 4.79 Å². The van der Waals surface area contributed by atoms with Crippen molar-refractivity contribution in [1.29, 1.82) is 0 Å². The summed E-state index contributed by atoms with van der Waals surface area (Å²) < 4.78 is 11.6. The number of nitrogens with one attached hydrogen (secondary N) is 1. The lowest BCUT2D eigenvalue weighted by molar-refractivity contribution is -0.126. The highest BCUT2D eigenvalue weighted by atomic mass is 35.5. The summed E-state index contributed by atoms with van der Waals surface area (Å²) in [6, 6.07) is 22.6. The summed E-state index contributed by atoms with van der Waals surface area (Å²) >= 11 is 12.3. The summed E-state index contributed by atoms with van der Waals surface area (Å²) in [4.78, 5) is 18.3. The van der Waals surface area contributed by atoms with Crippen molar-refractivity contribution in [1.82, 2.24) is 5.32 Å². The zero-order valence-corrected chi connectivity index (χ0v) is 22.4. The van der Waals surface area contributed by atoms with Gasteiger partial charge in [0, 0.05) is 41.6 Å². The number of hydrogen-bond donors (Lipinski definition) is 2. The lowest BCUT2D eigenvalue weighted by Gasteiger charge is -2.21. The molecule has 1 aliphatic rings. The van der Waals surface area contributed by atoms with E-state index in [2.05, 4.69) is 5.32 Å². The quantitative estimate of drug-likeness (QED) is 0.281. The number of aliphatic hydroxyl groups is 1. The van der Waals surface area contributed by atoms with Crippen LogP contribution in [0, 0.1) is 0 Å². The highest BCUT2D eigenvalue weighted by Gasteiger charge is 2.43. The normalized spacial score (nSPS) is 16.8. The molecule has 0 radical (unpaired) electrons. The molecule has 8 heteroatoms. The van der Waals surface area contributed by atoms with Crippen LogP contribution in [0.5, 0.6) is 5.75 Å². The van der Waals surface area contributed by atoms with Crippen molar-refractivity contribution >= 4 is 41.1 Å². The van der Waals surface area contributed by atoms with Gasteiger partial charge in [-0.15, -0.1) is 0 Å². The molecule has 0 spiro atoms. The van der Waals surface area contributed by atoms with E-state index in [-0.39, 0.29) is 19.1 Å². The fraction of sp³-hybridized carbons (Fsp3) is 0.267. The maximum atomic E-state index is 13.5. The number of carbonyl (C=O) groups excluding carboxylic acids is 1. The van der Waals surface area contributed by atoms with Crippen molar-refractivity contribution in [3.8, 4) is 5.75 Å². The van der Waals surface area contributed by atoms with Crippen LogP contribution in [0.4, 0.5) is 0 Å². The second kappa shape index (κ2) is 13.5. The van der Waals surface area contributed by atoms with Crippen molar-refractivity contribution in [3.05, 3.63) is 106 Å². The van der Waals surface area contributed by atoms with E-state index in [0.717, 1.165) is 16.7 Å². The Morgan fingerprint density at radius 3 is 2.63 bits per heavy atom. The van der Waals surface area contributed by atoms with Crippen LogP contribution in [-0.2, 0) is 16.0 Å². The molecule has 2 N–H and O–H groups in total. The van der Waals surface area contributed by atoms with Crippen LogP contribution < -0.4 is 10.1 Å². The van der Waals surface area contributed by atoms with Crippen molar-refractivity contribution in [2.75, 3.05) is 26.4 Å². The molecule has 0 saturated carbocycles. The van der Waals surface area contributed by atoms with Crippen LogP contribution in [0.3, 0.4) is 0 Å². The molecule has 3 aromatic rings. The summed E-state index contributed by atoms with van der Waals surface area (Å²) in [5, 5.41) is 13.1. The summed E-state index contributed by atoms with van der Waals surface area (Å²) in [7, 11) is 0. The second-order valence-electron chi connectivity index (χ2n) is 8.95. The Hall–Kier alpha value is -3.32. The Bertz CT molecular complexity index is 1280. The van der Waals surface area contributed by atoms with Crippen LogP contribution >= 0.6 is 23.2 Å². The molecule has 1 heterocycles. The minimum Gasteiger partial charge on any atom is -0.494 e. The summed E-state index contributed by atoms with van der Waals surface area (Å²) in [5.41, 5.74) is 1.61. The Kier molecular flexibility index (Phi) is 9.82. The molecule has 198 valence electrons. The molecule has 1 atom stereocenters. The van der Waals surface area contributed by atoms with Gasteiger partial charge in [0.2, 0.25) is 5.90 Å². The van der Waals surface area contributed by atoms with Crippen molar-refractivity contribution in [2.24, 2.45) is 4.99 Å². The first-order valence-electron chi connectivity index (χ1n) is 12.5. The van der Waals surface area contributed by atoms with Crippen molar-refractivity contribution in [3.63, 3.8) is 0 Å².